The summed E-state index contributed by atoms with van der Waals surface area (Å²) in [6, 6.07) is 7.00. The molecule has 1 unspecified atom stereocenters. The van der Waals surface area contributed by atoms with Crippen molar-refractivity contribution in [3.05, 3.63) is 30.1 Å². The van der Waals surface area contributed by atoms with Crippen LogP contribution in [-0.2, 0) is 32.1 Å². The van der Waals surface area contributed by atoms with Gasteiger partial charge in [0.2, 0.25) is 17.7 Å². The number of rotatable bonds is 13. The second kappa shape index (κ2) is 12.4. The first-order valence-electron chi connectivity index (χ1n) is 11.0. The zero-order valence-electron chi connectivity index (χ0n) is 19.1. The third kappa shape index (κ3) is 7.19. The lowest BCUT2D eigenvalue weighted by atomic mass is 10.2. The molecule has 0 saturated carbocycles. The molecule has 0 bridgehead atoms. The van der Waals surface area contributed by atoms with Gasteiger partial charge in [-0.2, -0.15) is 0 Å². The number of anilines is 1. The SMILES string of the molecule is COc1ccc(N(CCC(N)=O)C(=O)CSc2nnc(CCC(N)=O)n2CC2CCCO2)cc1. The van der Waals surface area contributed by atoms with Gasteiger partial charge in [-0.05, 0) is 37.1 Å². The highest BCUT2D eigenvalue weighted by atomic mass is 32.2. The monoisotopic (exact) mass is 490 g/mol. The highest BCUT2D eigenvalue weighted by Crippen LogP contribution is 2.24. The fourth-order valence-corrected chi connectivity index (χ4v) is 4.45. The summed E-state index contributed by atoms with van der Waals surface area (Å²) in [5.41, 5.74) is 11.2. The Kier molecular flexibility index (Phi) is 9.28. The first kappa shape index (κ1) is 25.5. The fraction of sp³-hybridized carbons (Fsp3) is 0.500. The summed E-state index contributed by atoms with van der Waals surface area (Å²) < 4.78 is 12.8. The van der Waals surface area contributed by atoms with E-state index in [2.05, 4.69) is 10.2 Å². The zero-order valence-corrected chi connectivity index (χ0v) is 20.0. The molecular weight excluding hydrogens is 460 g/mol. The molecule has 0 aliphatic carbocycles. The van der Waals surface area contributed by atoms with E-state index in [0.29, 0.717) is 42.0 Å². The summed E-state index contributed by atoms with van der Waals surface area (Å²) in [5.74, 6) is 0.248. The second-order valence-electron chi connectivity index (χ2n) is 7.86. The number of ether oxygens (including phenoxy) is 2. The topological polar surface area (TPSA) is 156 Å². The highest BCUT2D eigenvalue weighted by Gasteiger charge is 2.23. The van der Waals surface area contributed by atoms with Crippen LogP contribution in [0, 0.1) is 0 Å². The van der Waals surface area contributed by atoms with Crippen LogP contribution in [0.2, 0.25) is 0 Å². The molecule has 0 radical (unpaired) electrons. The third-order valence-corrected chi connectivity index (χ3v) is 6.34. The molecular formula is C22H30N6O5S. The van der Waals surface area contributed by atoms with Crippen LogP contribution >= 0.6 is 11.8 Å². The first-order valence-corrected chi connectivity index (χ1v) is 12.0. The van der Waals surface area contributed by atoms with Crippen LogP contribution in [0.3, 0.4) is 0 Å². The lowest BCUT2D eigenvalue weighted by Crippen LogP contribution is -2.35. The molecule has 34 heavy (non-hydrogen) atoms. The average molecular weight is 491 g/mol. The minimum atomic E-state index is -0.491. The van der Waals surface area contributed by atoms with Gasteiger partial charge in [-0.3, -0.25) is 14.4 Å². The molecule has 0 spiro atoms. The molecule has 1 aromatic heterocycles. The van der Waals surface area contributed by atoms with Crippen molar-refractivity contribution >= 4 is 35.2 Å². The highest BCUT2D eigenvalue weighted by molar-refractivity contribution is 7.99. The van der Waals surface area contributed by atoms with Gasteiger partial charge in [-0.15, -0.1) is 10.2 Å². The largest absolute Gasteiger partial charge is 0.497 e. The fourth-order valence-electron chi connectivity index (χ4n) is 3.61. The van der Waals surface area contributed by atoms with Gasteiger partial charge in [0.25, 0.3) is 0 Å². The van der Waals surface area contributed by atoms with Crippen molar-refractivity contribution in [1.82, 2.24) is 14.8 Å². The van der Waals surface area contributed by atoms with Crippen LogP contribution < -0.4 is 21.1 Å². The van der Waals surface area contributed by atoms with E-state index >= 15 is 0 Å². The Hall–Kier alpha value is -3.12. The van der Waals surface area contributed by atoms with E-state index in [-0.39, 0.29) is 37.2 Å². The van der Waals surface area contributed by atoms with Crippen molar-refractivity contribution in [2.45, 2.75) is 49.9 Å². The molecule has 12 heteroatoms. The van der Waals surface area contributed by atoms with Gasteiger partial charge < -0.3 is 30.4 Å². The molecule has 1 atom stereocenters. The zero-order chi connectivity index (χ0) is 24.5. The van der Waals surface area contributed by atoms with Crippen molar-refractivity contribution in [3.8, 4) is 5.75 Å². The standard InChI is InChI=1S/C22H30N6O5S/c1-32-16-6-4-15(5-7-16)27(11-10-19(24)30)21(31)14-34-22-26-25-20(9-8-18(23)29)28(22)13-17-3-2-12-33-17/h4-7,17H,2-3,8-14H2,1H3,(H2,23,29)(H2,24,30). The number of aromatic nitrogens is 3. The van der Waals surface area contributed by atoms with Gasteiger partial charge in [0.1, 0.15) is 11.6 Å². The van der Waals surface area contributed by atoms with Crippen molar-refractivity contribution in [3.63, 3.8) is 0 Å². The molecule has 11 nitrogen and oxygen atoms in total. The Bertz CT molecular complexity index is 990. The van der Waals surface area contributed by atoms with Gasteiger partial charge in [0, 0.05) is 38.1 Å². The third-order valence-electron chi connectivity index (χ3n) is 5.39. The number of benzene rings is 1. The van der Waals surface area contributed by atoms with E-state index in [1.165, 1.54) is 16.7 Å². The molecule has 3 amide bonds. The number of carbonyl (C=O) groups is 3. The number of nitrogens with two attached hydrogens (primary N) is 2. The van der Waals surface area contributed by atoms with E-state index in [4.69, 9.17) is 20.9 Å². The van der Waals surface area contributed by atoms with Crippen LogP contribution in [0.1, 0.15) is 31.5 Å². The molecule has 1 fully saturated rings. The molecule has 1 aliphatic rings. The maximum absolute atomic E-state index is 13.1. The number of thioether (sulfide) groups is 1. The molecule has 1 saturated heterocycles. The maximum Gasteiger partial charge on any atom is 0.237 e. The number of hydrogen-bond donors (Lipinski definition) is 2. The van der Waals surface area contributed by atoms with Crippen molar-refractivity contribution in [2.75, 3.05) is 30.9 Å². The Labute approximate surface area is 202 Å². The van der Waals surface area contributed by atoms with E-state index in [1.807, 2.05) is 4.57 Å². The molecule has 184 valence electrons. The minimum Gasteiger partial charge on any atom is -0.497 e. The predicted molar refractivity (Wildman–Crippen MR) is 126 cm³/mol. The van der Waals surface area contributed by atoms with E-state index in [1.54, 1.807) is 31.4 Å². The van der Waals surface area contributed by atoms with Gasteiger partial charge in [0.15, 0.2) is 5.16 Å². The van der Waals surface area contributed by atoms with Gasteiger partial charge in [-0.25, -0.2) is 0 Å². The minimum absolute atomic E-state index is 0.0322. The van der Waals surface area contributed by atoms with Crippen LogP contribution in [0.5, 0.6) is 5.75 Å². The molecule has 3 rings (SSSR count). The summed E-state index contributed by atoms with van der Waals surface area (Å²) in [6.45, 7) is 1.41. The van der Waals surface area contributed by atoms with Crippen LogP contribution in [-0.4, -0.2) is 64.6 Å². The lowest BCUT2D eigenvalue weighted by Gasteiger charge is -2.22. The van der Waals surface area contributed by atoms with E-state index in [9.17, 15) is 14.4 Å². The van der Waals surface area contributed by atoms with E-state index < -0.39 is 11.8 Å². The predicted octanol–water partition coefficient (Wildman–Crippen LogP) is 0.884. The number of nitrogens with zero attached hydrogens (tertiary/aromatic N) is 4. The van der Waals surface area contributed by atoms with Crippen LogP contribution in [0.4, 0.5) is 5.69 Å². The summed E-state index contributed by atoms with van der Waals surface area (Å²) in [6.07, 6.45) is 2.50. The van der Waals surface area contributed by atoms with Crippen molar-refractivity contribution in [2.24, 2.45) is 11.5 Å². The Morgan fingerprint density at radius 1 is 1.18 bits per heavy atom. The first-order chi connectivity index (χ1) is 16.4. The molecule has 2 aromatic rings. The Balaban J connectivity index is 1.73. The number of carbonyl (C=O) groups excluding carboxylic acids is 3. The van der Waals surface area contributed by atoms with Crippen molar-refractivity contribution in [1.29, 1.82) is 0 Å². The molecule has 1 aliphatic heterocycles. The molecule has 2 heterocycles. The summed E-state index contributed by atoms with van der Waals surface area (Å²) in [4.78, 5) is 37.3. The number of hydrogen-bond acceptors (Lipinski definition) is 8. The van der Waals surface area contributed by atoms with Gasteiger partial charge >= 0.3 is 0 Å². The summed E-state index contributed by atoms with van der Waals surface area (Å²) in [7, 11) is 1.56. The molecule has 4 N–H and O–H groups in total. The summed E-state index contributed by atoms with van der Waals surface area (Å²) in [5, 5.41) is 9.03. The Morgan fingerprint density at radius 2 is 1.91 bits per heavy atom. The number of primary amides is 2. The average Bonchev–Trinajstić information content (AvgIpc) is 3.47. The maximum atomic E-state index is 13.1. The number of amides is 3. The van der Waals surface area contributed by atoms with E-state index in [0.717, 1.165) is 12.8 Å². The van der Waals surface area contributed by atoms with Gasteiger partial charge in [-0.1, -0.05) is 11.8 Å². The quantitative estimate of drug-likeness (QED) is 0.392. The normalized spacial score (nSPS) is 15.3. The smallest absolute Gasteiger partial charge is 0.237 e. The molecule has 1 aromatic carbocycles. The number of aryl methyl sites for hydroxylation is 1. The summed E-state index contributed by atoms with van der Waals surface area (Å²) >= 11 is 1.24. The number of methoxy groups -OCH3 is 1. The van der Waals surface area contributed by atoms with Crippen LogP contribution in [0.25, 0.3) is 0 Å². The van der Waals surface area contributed by atoms with Crippen molar-refractivity contribution < 1.29 is 23.9 Å². The Morgan fingerprint density at radius 3 is 2.53 bits per heavy atom. The van der Waals surface area contributed by atoms with Crippen LogP contribution in [0.15, 0.2) is 29.4 Å². The van der Waals surface area contributed by atoms with Gasteiger partial charge in [0.05, 0.1) is 25.5 Å². The lowest BCUT2D eigenvalue weighted by molar-refractivity contribution is -0.119. The second-order valence-corrected chi connectivity index (χ2v) is 8.80.